The summed E-state index contributed by atoms with van der Waals surface area (Å²) in [6.07, 6.45) is 9.00. The van der Waals surface area contributed by atoms with Crippen molar-refractivity contribution < 1.29 is 0 Å². The number of rotatable bonds is 0. The van der Waals surface area contributed by atoms with Crippen molar-refractivity contribution in [3.8, 4) is 0 Å². The maximum absolute atomic E-state index is 6.47. The largest absolute Gasteiger partial charge is 0.370 e. The maximum atomic E-state index is 6.47. The van der Waals surface area contributed by atoms with Crippen molar-refractivity contribution in [3.63, 3.8) is 0 Å². The highest BCUT2D eigenvalue weighted by Gasteiger charge is 1.95. The molecule has 124 valence electrons. The van der Waals surface area contributed by atoms with E-state index in [4.69, 9.17) is 44.6 Å². The van der Waals surface area contributed by atoms with Crippen LogP contribution in [-0.4, -0.2) is 23.8 Å². The van der Waals surface area contributed by atoms with Crippen LogP contribution in [0.2, 0.25) is 0 Å². The first-order chi connectivity index (χ1) is 9.25. The van der Waals surface area contributed by atoms with Gasteiger partial charge in [-0.15, -0.1) is 12.4 Å². The third-order valence-corrected chi connectivity index (χ3v) is 2.04. The second kappa shape index (κ2) is 15.8. The van der Waals surface area contributed by atoms with Crippen LogP contribution in [0.3, 0.4) is 0 Å². The van der Waals surface area contributed by atoms with Gasteiger partial charge >= 0.3 is 0 Å². The summed E-state index contributed by atoms with van der Waals surface area (Å²) in [5.74, 6) is -1.25. The Bertz CT molecular complexity index is 264. The molecule has 0 atom stereocenters. The Morgan fingerprint density at radius 3 is 0.714 bits per heavy atom. The topological polar surface area (TPSA) is 224 Å². The molecule has 1 aliphatic rings. The molecule has 14 N–H and O–H groups in total. The minimum atomic E-state index is -0.312. The molecular formula is C10H27ClN10. The van der Waals surface area contributed by atoms with Crippen LogP contribution in [0.1, 0.15) is 38.5 Å². The second-order valence-electron chi connectivity index (χ2n) is 4.03. The van der Waals surface area contributed by atoms with Gasteiger partial charge in [0.15, 0.2) is 23.8 Å². The van der Waals surface area contributed by atoms with Gasteiger partial charge < -0.3 is 22.9 Å². The number of nitrogens with one attached hydrogen (secondary N) is 6. The number of halogens is 1. The molecule has 0 radical (unpaired) electrons. The molecule has 0 aromatic carbocycles. The lowest BCUT2D eigenvalue weighted by Gasteiger charge is -2.05. The van der Waals surface area contributed by atoms with Crippen LogP contribution in [-0.2, 0) is 0 Å². The predicted octanol–water partition coefficient (Wildman–Crippen LogP) is -0.512. The Morgan fingerprint density at radius 2 is 0.667 bits per heavy atom. The molecule has 0 heterocycles. The van der Waals surface area contributed by atoms with E-state index < -0.39 is 0 Å². The number of nitrogens with two attached hydrogens (primary N) is 4. The molecule has 1 saturated carbocycles. The molecule has 0 saturated heterocycles. The fraction of sp³-hybridized carbons (Fsp3) is 0.600. The monoisotopic (exact) mass is 322 g/mol. The summed E-state index contributed by atoms with van der Waals surface area (Å²) in [4.78, 5) is 0. The fourth-order valence-electron chi connectivity index (χ4n) is 1.35. The molecule has 1 rings (SSSR count). The van der Waals surface area contributed by atoms with E-state index in [0.717, 1.165) is 0 Å². The number of hydrogen-bond acceptors (Lipinski definition) is 4. The lowest BCUT2D eigenvalue weighted by atomic mass is 10.0. The van der Waals surface area contributed by atoms with Crippen LogP contribution in [0.25, 0.3) is 0 Å². The molecule has 0 aromatic rings. The zero-order chi connectivity index (χ0) is 16.0. The molecule has 0 unspecified atom stereocenters. The van der Waals surface area contributed by atoms with Crippen LogP contribution >= 0.6 is 12.4 Å². The summed E-state index contributed by atoms with van der Waals surface area (Å²) in [7, 11) is 0. The number of guanidine groups is 4. The van der Waals surface area contributed by atoms with Gasteiger partial charge in [0.25, 0.3) is 0 Å². The van der Waals surface area contributed by atoms with E-state index in [1.54, 1.807) is 0 Å². The van der Waals surface area contributed by atoms with E-state index in [-0.39, 0.29) is 36.2 Å². The minimum Gasteiger partial charge on any atom is -0.370 e. The third kappa shape index (κ3) is 31.9. The average Bonchev–Trinajstić information content (AvgIpc) is 2.29. The lowest BCUT2D eigenvalue weighted by Crippen LogP contribution is -2.39. The second-order valence-corrected chi connectivity index (χ2v) is 4.03. The summed E-state index contributed by atoms with van der Waals surface area (Å²) in [6.45, 7) is 0. The zero-order valence-corrected chi connectivity index (χ0v) is 12.8. The van der Waals surface area contributed by atoms with Gasteiger partial charge in [0, 0.05) is 0 Å². The molecule has 11 heteroatoms. The summed E-state index contributed by atoms with van der Waals surface area (Å²) < 4.78 is 0. The lowest BCUT2D eigenvalue weighted by molar-refractivity contribution is 0.504. The first-order valence-corrected chi connectivity index (χ1v) is 6.15. The Labute approximate surface area is 130 Å². The van der Waals surface area contributed by atoms with E-state index in [0.29, 0.717) is 0 Å². The van der Waals surface area contributed by atoms with Gasteiger partial charge in [0.05, 0.1) is 0 Å². The van der Waals surface area contributed by atoms with Gasteiger partial charge in [-0.3, -0.25) is 32.3 Å². The van der Waals surface area contributed by atoms with E-state index in [1.807, 2.05) is 10.6 Å². The average molecular weight is 323 g/mol. The Hall–Kier alpha value is -2.23. The summed E-state index contributed by atoms with van der Waals surface area (Å²) in [5, 5.41) is 29.9. The fourth-order valence-corrected chi connectivity index (χ4v) is 1.35. The molecule has 0 bridgehead atoms. The maximum Gasteiger partial charge on any atom is 0.192 e. The van der Waals surface area contributed by atoms with E-state index >= 15 is 0 Å². The van der Waals surface area contributed by atoms with Crippen molar-refractivity contribution in [1.29, 1.82) is 21.6 Å². The molecule has 0 aromatic heterocycles. The Kier molecular flexibility index (Phi) is 18.0. The standard InChI is InChI=1S/C6H12.2C2H7N5.ClH/c1-2-4-6-5-3-1;2*3-1(4)7-2(5)6;/h1-6H2;2*(H7,3,4,5,6,7);1H. The van der Waals surface area contributed by atoms with Crippen molar-refractivity contribution in [1.82, 2.24) is 10.6 Å². The van der Waals surface area contributed by atoms with Crippen LogP contribution < -0.4 is 33.6 Å². The molecule has 10 nitrogen and oxygen atoms in total. The van der Waals surface area contributed by atoms with Gasteiger partial charge in [-0.25, -0.2) is 0 Å². The SMILES string of the molecule is C1CCCCC1.Cl.N=C(N)NC(=N)N.N=C(N)NC(=N)N. The number of hydrogen-bond donors (Lipinski definition) is 10. The van der Waals surface area contributed by atoms with Crippen molar-refractivity contribution in [2.24, 2.45) is 22.9 Å². The quantitative estimate of drug-likeness (QED) is 0.208. The van der Waals surface area contributed by atoms with Crippen LogP contribution in [0, 0.1) is 21.6 Å². The van der Waals surface area contributed by atoms with Gasteiger partial charge in [0.1, 0.15) is 0 Å². The Balaban J connectivity index is -0.000000226. The summed E-state index contributed by atoms with van der Waals surface area (Å²) in [6, 6.07) is 0. The van der Waals surface area contributed by atoms with Gasteiger partial charge in [-0.2, -0.15) is 0 Å². The molecule has 1 fully saturated rings. The normalized spacial score (nSPS) is 11.8. The van der Waals surface area contributed by atoms with Gasteiger partial charge in [0.2, 0.25) is 0 Å². The summed E-state index contributed by atoms with van der Waals surface area (Å²) >= 11 is 0. The minimum absolute atomic E-state index is 0. The van der Waals surface area contributed by atoms with Crippen LogP contribution in [0.5, 0.6) is 0 Å². The zero-order valence-electron chi connectivity index (χ0n) is 12.0. The van der Waals surface area contributed by atoms with Gasteiger partial charge in [-0.1, -0.05) is 38.5 Å². The first-order valence-electron chi connectivity index (χ1n) is 6.15. The first kappa shape index (κ1) is 23.8. The van der Waals surface area contributed by atoms with Crippen molar-refractivity contribution in [3.05, 3.63) is 0 Å². The highest BCUT2D eigenvalue weighted by Crippen LogP contribution is 2.15. The van der Waals surface area contributed by atoms with E-state index in [2.05, 4.69) is 0 Å². The predicted molar refractivity (Wildman–Crippen MR) is 88.9 cm³/mol. The Morgan fingerprint density at radius 1 is 0.524 bits per heavy atom. The summed E-state index contributed by atoms with van der Waals surface area (Å²) in [5.41, 5.74) is 19.0. The third-order valence-electron chi connectivity index (χ3n) is 2.04. The van der Waals surface area contributed by atoms with Gasteiger partial charge in [-0.05, 0) is 0 Å². The molecule has 0 aliphatic heterocycles. The highest BCUT2D eigenvalue weighted by atomic mass is 35.5. The van der Waals surface area contributed by atoms with Crippen molar-refractivity contribution in [2.45, 2.75) is 38.5 Å². The smallest absolute Gasteiger partial charge is 0.192 e. The molecule has 0 spiro atoms. The van der Waals surface area contributed by atoms with E-state index in [9.17, 15) is 0 Å². The molecule has 21 heavy (non-hydrogen) atoms. The van der Waals surface area contributed by atoms with Crippen LogP contribution in [0.4, 0.5) is 0 Å². The highest BCUT2D eigenvalue weighted by molar-refractivity contribution is 5.94. The van der Waals surface area contributed by atoms with Crippen molar-refractivity contribution >= 4 is 36.2 Å². The van der Waals surface area contributed by atoms with E-state index in [1.165, 1.54) is 38.5 Å². The van der Waals surface area contributed by atoms with Crippen molar-refractivity contribution in [2.75, 3.05) is 0 Å². The molecule has 1 aliphatic carbocycles. The van der Waals surface area contributed by atoms with Crippen LogP contribution in [0.15, 0.2) is 0 Å². The molecule has 0 amide bonds. The molecular weight excluding hydrogens is 296 g/mol.